The summed E-state index contributed by atoms with van der Waals surface area (Å²) in [5.74, 6) is 0.397. The molecule has 2 fully saturated rings. The first-order valence-corrected chi connectivity index (χ1v) is 8.84. The number of nitrogens with zero attached hydrogens (tertiary/aromatic N) is 1. The summed E-state index contributed by atoms with van der Waals surface area (Å²) in [4.78, 5) is 15.1. The Balaban J connectivity index is 1.59. The average molecular weight is 341 g/mol. The summed E-state index contributed by atoms with van der Waals surface area (Å²) >= 11 is 0. The quantitative estimate of drug-likeness (QED) is 0.801. The van der Waals surface area contributed by atoms with Gasteiger partial charge >= 0.3 is 0 Å². The molecule has 25 heavy (non-hydrogen) atoms. The number of aryl methyl sites for hydroxylation is 1. The summed E-state index contributed by atoms with van der Waals surface area (Å²) in [5, 5.41) is 0.995. The van der Waals surface area contributed by atoms with Gasteiger partial charge in [-0.25, -0.2) is 0 Å². The molecule has 2 heterocycles. The van der Waals surface area contributed by atoms with Crippen molar-refractivity contribution >= 4 is 16.9 Å². The number of fused-ring (bicyclic) bond motifs is 2. The lowest BCUT2D eigenvalue weighted by atomic mass is 10.1. The topological polar surface area (TPSA) is 51.9 Å². The van der Waals surface area contributed by atoms with Crippen LogP contribution in [0.5, 0.6) is 0 Å². The number of benzene rings is 1. The molecule has 1 aliphatic heterocycles. The zero-order valence-corrected chi connectivity index (χ0v) is 14.4. The largest absolute Gasteiger partial charge is 0.451 e. The van der Waals surface area contributed by atoms with Gasteiger partial charge in [0.2, 0.25) is 0 Å². The number of furan rings is 1. The standard InChI is InChI=1S/C20H23NO4/c1-3-11-23-17-9-8-15-19(17)24-12-10-21(15)20(22)18-13(2)14-6-4-5-7-16(14)25-18/h3-7,15,17,19H,1,8-12H2,2H3/t15-,17+,19+/m0/s1. The summed E-state index contributed by atoms with van der Waals surface area (Å²) in [6.07, 6.45) is 3.48. The van der Waals surface area contributed by atoms with Crippen LogP contribution >= 0.6 is 0 Å². The molecule has 4 rings (SSSR count). The van der Waals surface area contributed by atoms with Gasteiger partial charge < -0.3 is 18.8 Å². The van der Waals surface area contributed by atoms with Crippen molar-refractivity contribution in [1.82, 2.24) is 4.90 Å². The number of morpholine rings is 1. The third-order valence-corrected chi connectivity index (χ3v) is 5.26. The summed E-state index contributed by atoms with van der Waals surface area (Å²) < 4.78 is 17.6. The summed E-state index contributed by atoms with van der Waals surface area (Å²) in [7, 11) is 0. The van der Waals surface area contributed by atoms with Gasteiger partial charge in [-0.05, 0) is 25.8 Å². The van der Waals surface area contributed by atoms with Gasteiger partial charge in [-0.2, -0.15) is 0 Å². The van der Waals surface area contributed by atoms with E-state index < -0.39 is 0 Å². The lowest BCUT2D eigenvalue weighted by molar-refractivity contribution is -0.100. The van der Waals surface area contributed by atoms with Crippen molar-refractivity contribution < 1.29 is 18.7 Å². The average Bonchev–Trinajstić information content (AvgIpc) is 3.21. The SMILES string of the molecule is C=CCO[C@@H]1CC[C@H]2[C@H]1OCCN2C(=O)c1oc2ccccc2c1C. The van der Waals surface area contributed by atoms with Crippen LogP contribution in [-0.4, -0.2) is 48.8 Å². The Morgan fingerprint density at radius 2 is 2.24 bits per heavy atom. The molecule has 1 aliphatic carbocycles. The number of ether oxygens (including phenoxy) is 2. The monoisotopic (exact) mass is 341 g/mol. The maximum absolute atomic E-state index is 13.2. The number of hydrogen-bond acceptors (Lipinski definition) is 4. The molecule has 5 nitrogen and oxygen atoms in total. The van der Waals surface area contributed by atoms with E-state index in [9.17, 15) is 4.79 Å². The molecule has 0 radical (unpaired) electrons. The van der Waals surface area contributed by atoms with Crippen molar-refractivity contribution in [1.29, 1.82) is 0 Å². The molecule has 1 saturated heterocycles. The van der Waals surface area contributed by atoms with Gasteiger partial charge in [0.1, 0.15) is 11.7 Å². The fourth-order valence-corrected chi connectivity index (χ4v) is 4.05. The van der Waals surface area contributed by atoms with Gasteiger partial charge in [-0.1, -0.05) is 24.3 Å². The van der Waals surface area contributed by atoms with E-state index in [1.165, 1.54) is 0 Å². The number of rotatable bonds is 4. The van der Waals surface area contributed by atoms with Crippen molar-refractivity contribution in [3.05, 3.63) is 48.2 Å². The molecule has 0 N–H and O–H groups in total. The first kappa shape index (κ1) is 16.4. The Morgan fingerprint density at radius 3 is 3.04 bits per heavy atom. The molecule has 5 heteroatoms. The van der Waals surface area contributed by atoms with E-state index in [0.717, 1.165) is 29.4 Å². The van der Waals surface area contributed by atoms with Crippen LogP contribution in [0.15, 0.2) is 41.3 Å². The van der Waals surface area contributed by atoms with E-state index in [0.29, 0.717) is 25.5 Å². The van der Waals surface area contributed by atoms with E-state index in [1.54, 1.807) is 6.08 Å². The predicted molar refractivity (Wildman–Crippen MR) is 94.7 cm³/mol. The highest BCUT2D eigenvalue weighted by atomic mass is 16.5. The smallest absolute Gasteiger partial charge is 0.290 e. The lowest BCUT2D eigenvalue weighted by Gasteiger charge is -2.38. The first-order valence-electron chi connectivity index (χ1n) is 8.84. The van der Waals surface area contributed by atoms with Crippen molar-refractivity contribution in [3.8, 4) is 0 Å². The Labute approximate surface area is 147 Å². The molecular formula is C20H23NO4. The van der Waals surface area contributed by atoms with Crippen LogP contribution in [0.1, 0.15) is 29.0 Å². The maximum atomic E-state index is 13.2. The Morgan fingerprint density at radius 1 is 1.40 bits per heavy atom. The number of carbonyl (C=O) groups is 1. The Kier molecular flexibility index (Phi) is 4.36. The second kappa shape index (κ2) is 6.65. The van der Waals surface area contributed by atoms with Gasteiger partial charge in [-0.15, -0.1) is 6.58 Å². The number of amides is 1. The van der Waals surface area contributed by atoms with E-state index in [-0.39, 0.29) is 24.2 Å². The van der Waals surface area contributed by atoms with Crippen molar-refractivity contribution in [2.24, 2.45) is 0 Å². The molecule has 1 saturated carbocycles. The molecule has 1 aromatic heterocycles. The molecule has 0 unspecified atom stereocenters. The van der Waals surface area contributed by atoms with Crippen LogP contribution in [0.4, 0.5) is 0 Å². The highest BCUT2D eigenvalue weighted by Gasteiger charge is 2.45. The van der Waals surface area contributed by atoms with Crippen LogP contribution in [0.3, 0.4) is 0 Å². The lowest BCUT2D eigenvalue weighted by Crippen LogP contribution is -2.54. The van der Waals surface area contributed by atoms with Crippen LogP contribution in [0.25, 0.3) is 11.0 Å². The molecule has 1 aromatic carbocycles. The normalized spacial score (nSPS) is 26.0. The van der Waals surface area contributed by atoms with E-state index in [2.05, 4.69) is 6.58 Å². The molecule has 0 bridgehead atoms. The second-order valence-electron chi connectivity index (χ2n) is 6.69. The minimum Gasteiger partial charge on any atom is -0.451 e. The minimum atomic E-state index is -0.0673. The van der Waals surface area contributed by atoms with E-state index in [4.69, 9.17) is 13.9 Å². The summed E-state index contributed by atoms with van der Waals surface area (Å²) in [6, 6.07) is 7.81. The molecule has 132 valence electrons. The third kappa shape index (κ3) is 2.77. The van der Waals surface area contributed by atoms with Gasteiger partial charge in [0, 0.05) is 17.5 Å². The molecular weight excluding hydrogens is 318 g/mol. The number of hydrogen-bond donors (Lipinski definition) is 0. The number of para-hydroxylation sites is 1. The Hall–Kier alpha value is -2.11. The van der Waals surface area contributed by atoms with Gasteiger partial charge in [0.25, 0.3) is 5.91 Å². The summed E-state index contributed by atoms with van der Waals surface area (Å²) in [6.45, 7) is 7.27. The van der Waals surface area contributed by atoms with Crippen LogP contribution < -0.4 is 0 Å². The first-order chi connectivity index (χ1) is 12.2. The predicted octanol–water partition coefficient (Wildman–Crippen LogP) is 3.32. The number of carbonyl (C=O) groups excluding carboxylic acids is 1. The molecule has 2 aromatic rings. The van der Waals surface area contributed by atoms with Crippen LogP contribution in [0, 0.1) is 6.92 Å². The van der Waals surface area contributed by atoms with Crippen LogP contribution in [0.2, 0.25) is 0 Å². The molecule has 1 amide bonds. The fourth-order valence-electron chi connectivity index (χ4n) is 4.05. The van der Waals surface area contributed by atoms with E-state index >= 15 is 0 Å². The summed E-state index contributed by atoms with van der Waals surface area (Å²) in [5.41, 5.74) is 1.66. The maximum Gasteiger partial charge on any atom is 0.290 e. The highest BCUT2D eigenvalue weighted by molar-refractivity contribution is 5.99. The second-order valence-corrected chi connectivity index (χ2v) is 6.69. The zero-order chi connectivity index (χ0) is 17.4. The van der Waals surface area contributed by atoms with Crippen molar-refractivity contribution in [2.75, 3.05) is 19.8 Å². The van der Waals surface area contributed by atoms with Gasteiger partial charge in [-0.3, -0.25) is 4.79 Å². The van der Waals surface area contributed by atoms with E-state index in [1.807, 2.05) is 36.1 Å². The zero-order valence-electron chi connectivity index (χ0n) is 14.4. The van der Waals surface area contributed by atoms with Crippen molar-refractivity contribution in [3.63, 3.8) is 0 Å². The minimum absolute atomic E-state index is 0.0235. The van der Waals surface area contributed by atoms with Crippen LogP contribution in [-0.2, 0) is 9.47 Å². The van der Waals surface area contributed by atoms with Gasteiger partial charge in [0.15, 0.2) is 5.76 Å². The van der Waals surface area contributed by atoms with Gasteiger partial charge in [0.05, 0.1) is 25.4 Å². The molecule has 0 spiro atoms. The fraction of sp³-hybridized carbons (Fsp3) is 0.450. The molecule has 2 aliphatic rings. The molecule has 3 atom stereocenters. The third-order valence-electron chi connectivity index (χ3n) is 5.26. The van der Waals surface area contributed by atoms with Crippen molar-refractivity contribution in [2.45, 2.75) is 38.0 Å². The highest BCUT2D eigenvalue weighted by Crippen LogP contribution is 2.34. The Bertz CT molecular complexity index is 796.